The zero-order valence-electron chi connectivity index (χ0n) is 15.8. The third-order valence-corrected chi connectivity index (χ3v) is 3.96. The van der Waals surface area contributed by atoms with Crippen molar-refractivity contribution in [2.75, 3.05) is 22.7 Å². The van der Waals surface area contributed by atoms with E-state index in [1.165, 1.54) is 6.92 Å². The monoisotopic (exact) mass is 391 g/mol. The van der Waals surface area contributed by atoms with Crippen molar-refractivity contribution in [3.63, 3.8) is 0 Å². The topological polar surface area (TPSA) is 99.7 Å². The first-order chi connectivity index (χ1) is 14.0. The summed E-state index contributed by atoms with van der Waals surface area (Å²) in [6.45, 7) is 1.49. The molecule has 0 aliphatic heterocycles. The fourth-order valence-corrected chi connectivity index (χ4v) is 2.62. The normalized spacial score (nSPS) is 10.1. The summed E-state index contributed by atoms with van der Waals surface area (Å²) in [5.41, 5.74) is 1.32. The maximum absolute atomic E-state index is 12.5. The predicted octanol–water partition coefficient (Wildman–Crippen LogP) is 4.05. The summed E-state index contributed by atoms with van der Waals surface area (Å²) in [5.74, 6) is -0.275. The maximum atomic E-state index is 12.5. The van der Waals surface area contributed by atoms with E-state index in [4.69, 9.17) is 4.74 Å². The molecule has 0 saturated carbocycles. The Morgan fingerprint density at radius 3 is 2.10 bits per heavy atom. The van der Waals surface area contributed by atoms with E-state index in [9.17, 15) is 14.7 Å². The highest BCUT2D eigenvalue weighted by molar-refractivity contribution is 6.06. The minimum atomic E-state index is -0.382. The summed E-state index contributed by atoms with van der Waals surface area (Å²) in [4.78, 5) is 23.9. The van der Waals surface area contributed by atoms with Gasteiger partial charge in [-0.2, -0.15) is 0 Å². The molecule has 7 nitrogen and oxygen atoms in total. The first-order valence-electron chi connectivity index (χ1n) is 8.95. The van der Waals surface area contributed by atoms with Gasteiger partial charge in [0.25, 0.3) is 5.91 Å². The van der Waals surface area contributed by atoms with Crippen molar-refractivity contribution >= 4 is 28.9 Å². The molecule has 0 unspecified atom stereocenters. The molecular weight excluding hydrogens is 370 g/mol. The highest BCUT2D eigenvalue weighted by Gasteiger charge is 2.14. The lowest BCUT2D eigenvalue weighted by Gasteiger charge is -2.16. The van der Waals surface area contributed by atoms with Gasteiger partial charge in [-0.25, -0.2) is 0 Å². The number of carbonyl (C=O) groups excluding carboxylic acids is 2. The summed E-state index contributed by atoms with van der Waals surface area (Å²) in [7, 11) is 0. The van der Waals surface area contributed by atoms with Crippen LogP contribution in [0.2, 0.25) is 0 Å². The van der Waals surface area contributed by atoms with Crippen LogP contribution < -0.4 is 20.7 Å². The van der Waals surface area contributed by atoms with Crippen molar-refractivity contribution in [3.05, 3.63) is 78.4 Å². The van der Waals surface area contributed by atoms with E-state index in [-0.39, 0.29) is 35.7 Å². The SMILES string of the molecule is CC(=O)Nc1cc(NCOc2ccccc2)cc(NC(=O)c2ccccc2)c1O. The molecule has 0 atom stereocenters. The van der Waals surface area contributed by atoms with Crippen molar-refractivity contribution in [2.45, 2.75) is 6.92 Å². The summed E-state index contributed by atoms with van der Waals surface area (Å²) < 4.78 is 5.60. The van der Waals surface area contributed by atoms with E-state index in [0.717, 1.165) is 0 Å². The second-order valence-corrected chi connectivity index (χ2v) is 6.20. The molecule has 0 spiro atoms. The number of anilines is 3. The lowest BCUT2D eigenvalue weighted by molar-refractivity contribution is -0.114. The largest absolute Gasteiger partial charge is 0.504 e. The highest BCUT2D eigenvalue weighted by atomic mass is 16.5. The zero-order chi connectivity index (χ0) is 20.6. The van der Waals surface area contributed by atoms with Gasteiger partial charge >= 0.3 is 0 Å². The van der Waals surface area contributed by atoms with Crippen LogP contribution in [0.1, 0.15) is 17.3 Å². The van der Waals surface area contributed by atoms with Crippen LogP contribution in [0, 0.1) is 0 Å². The van der Waals surface area contributed by atoms with Crippen LogP contribution in [0.3, 0.4) is 0 Å². The molecule has 7 heteroatoms. The third-order valence-electron chi connectivity index (χ3n) is 3.96. The highest BCUT2D eigenvalue weighted by Crippen LogP contribution is 2.36. The zero-order valence-corrected chi connectivity index (χ0v) is 15.8. The number of ether oxygens (including phenoxy) is 1. The van der Waals surface area contributed by atoms with Crippen molar-refractivity contribution in [1.82, 2.24) is 0 Å². The van der Waals surface area contributed by atoms with E-state index >= 15 is 0 Å². The van der Waals surface area contributed by atoms with E-state index in [2.05, 4.69) is 16.0 Å². The fourth-order valence-electron chi connectivity index (χ4n) is 2.62. The fraction of sp³-hybridized carbons (Fsp3) is 0.0909. The molecule has 29 heavy (non-hydrogen) atoms. The molecule has 148 valence electrons. The number of phenols is 1. The number of hydrogen-bond acceptors (Lipinski definition) is 5. The molecule has 4 N–H and O–H groups in total. The molecule has 0 bridgehead atoms. The number of phenolic OH excluding ortho intramolecular Hbond substituents is 1. The summed E-state index contributed by atoms with van der Waals surface area (Å²) in [6, 6.07) is 21.0. The van der Waals surface area contributed by atoms with Crippen LogP contribution in [0.4, 0.5) is 17.1 Å². The van der Waals surface area contributed by atoms with Crippen molar-refractivity contribution in [2.24, 2.45) is 0 Å². The maximum Gasteiger partial charge on any atom is 0.255 e. The molecule has 3 rings (SSSR count). The second kappa shape index (κ2) is 9.27. The summed E-state index contributed by atoms with van der Waals surface area (Å²) in [6.07, 6.45) is 0. The number of benzene rings is 3. The number of para-hydroxylation sites is 1. The van der Waals surface area contributed by atoms with Gasteiger partial charge in [0.05, 0.1) is 11.4 Å². The molecular formula is C22H21N3O4. The Morgan fingerprint density at radius 1 is 0.897 bits per heavy atom. The first-order valence-corrected chi connectivity index (χ1v) is 8.95. The van der Waals surface area contributed by atoms with E-state index in [0.29, 0.717) is 17.0 Å². The standard InChI is InChI=1S/C22H21N3O4/c1-15(26)24-19-12-17(23-14-29-18-10-6-3-7-11-18)13-20(21(19)27)25-22(28)16-8-4-2-5-9-16/h2-13,23,27H,14H2,1H3,(H,24,26)(H,25,28). The molecule has 0 aromatic heterocycles. The molecule has 0 aliphatic carbocycles. The molecule has 0 radical (unpaired) electrons. The van der Waals surface area contributed by atoms with Gasteiger partial charge in [0.2, 0.25) is 5.91 Å². The van der Waals surface area contributed by atoms with Gasteiger partial charge in [-0.05, 0) is 36.4 Å². The molecule has 0 saturated heterocycles. The van der Waals surface area contributed by atoms with Crippen LogP contribution in [-0.4, -0.2) is 23.7 Å². The Hall–Kier alpha value is -4.00. The number of rotatable bonds is 7. The number of amides is 2. The lowest BCUT2D eigenvalue weighted by atomic mass is 10.1. The van der Waals surface area contributed by atoms with Gasteiger partial charge in [-0.1, -0.05) is 36.4 Å². The molecule has 3 aromatic rings. The van der Waals surface area contributed by atoms with Crippen LogP contribution in [0.25, 0.3) is 0 Å². The first kappa shape index (κ1) is 19.8. The smallest absolute Gasteiger partial charge is 0.255 e. The lowest BCUT2D eigenvalue weighted by Crippen LogP contribution is -2.14. The Labute approximate surface area is 168 Å². The Morgan fingerprint density at radius 2 is 1.48 bits per heavy atom. The second-order valence-electron chi connectivity index (χ2n) is 6.20. The van der Waals surface area contributed by atoms with E-state index in [1.807, 2.05) is 30.3 Å². The van der Waals surface area contributed by atoms with Gasteiger partial charge in [-0.15, -0.1) is 0 Å². The predicted molar refractivity (Wildman–Crippen MR) is 112 cm³/mol. The van der Waals surface area contributed by atoms with Crippen LogP contribution in [-0.2, 0) is 4.79 Å². The summed E-state index contributed by atoms with van der Waals surface area (Å²) in [5, 5.41) is 18.7. The average Bonchev–Trinajstić information content (AvgIpc) is 2.72. The molecule has 3 aromatic carbocycles. The van der Waals surface area contributed by atoms with E-state index < -0.39 is 0 Å². The van der Waals surface area contributed by atoms with Crippen LogP contribution in [0.15, 0.2) is 72.8 Å². The molecule has 0 aliphatic rings. The number of aromatic hydroxyl groups is 1. The minimum absolute atomic E-state index is 0.153. The molecule has 0 heterocycles. The van der Waals surface area contributed by atoms with Gasteiger partial charge in [-0.3, -0.25) is 9.59 Å². The van der Waals surface area contributed by atoms with E-state index in [1.54, 1.807) is 42.5 Å². The van der Waals surface area contributed by atoms with Gasteiger partial charge in [0.1, 0.15) is 5.75 Å². The average molecular weight is 391 g/mol. The third kappa shape index (κ3) is 5.49. The number of hydrogen-bond donors (Lipinski definition) is 4. The Bertz CT molecular complexity index is 992. The number of carbonyl (C=O) groups is 2. The Balaban J connectivity index is 1.79. The van der Waals surface area contributed by atoms with Gasteiger partial charge in [0.15, 0.2) is 12.5 Å². The van der Waals surface area contributed by atoms with Crippen molar-refractivity contribution < 1.29 is 19.4 Å². The Kier molecular flexibility index (Phi) is 6.32. The van der Waals surface area contributed by atoms with Gasteiger partial charge in [0, 0.05) is 18.2 Å². The van der Waals surface area contributed by atoms with Crippen molar-refractivity contribution in [3.8, 4) is 11.5 Å². The van der Waals surface area contributed by atoms with Crippen molar-refractivity contribution in [1.29, 1.82) is 0 Å². The number of nitrogens with one attached hydrogen (secondary N) is 3. The minimum Gasteiger partial charge on any atom is -0.504 e. The molecule has 0 fully saturated rings. The summed E-state index contributed by atoms with van der Waals surface area (Å²) >= 11 is 0. The molecule has 2 amide bonds. The quantitative estimate of drug-likeness (QED) is 0.277. The van der Waals surface area contributed by atoms with Crippen LogP contribution in [0.5, 0.6) is 11.5 Å². The van der Waals surface area contributed by atoms with Gasteiger partial charge < -0.3 is 25.8 Å². The van der Waals surface area contributed by atoms with Crippen LogP contribution >= 0.6 is 0 Å².